The second kappa shape index (κ2) is 6.54. The molecule has 5 nitrogen and oxygen atoms in total. The molecule has 104 valence electrons. The minimum absolute atomic E-state index is 0.0526. The first kappa shape index (κ1) is 13.8. The minimum atomic E-state index is 0.0526. The molecule has 0 atom stereocenters. The highest BCUT2D eigenvalue weighted by Crippen LogP contribution is 2.25. The summed E-state index contributed by atoms with van der Waals surface area (Å²) in [4.78, 5) is 13.5. The van der Waals surface area contributed by atoms with Gasteiger partial charge in [-0.25, -0.2) is 0 Å². The van der Waals surface area contributed by atoms with E-state index in [-0.39, 0.29) is 5.91 Å². The van der Waals surface area contributed by atoms with Crippen LogP contribution in [0.1, 0.15) is 15.9 Å². The lowest BCUT2D eigenvalue weighted by Gasteiger charge is -2.08. The normalized spacial score (nSPS) is 13.8. The average molecular weight is 265 g/mol. The lowest BCUT2D eigenvalue weighted by molar-refractivity contribution is 0.0544. The van der Waals surface area contributed by atoms with Gasteiger partial charge in [0.15, 0.2) is 0 Å². The summed E-state index contributed by atoms with van der Waals surface area (Å²) in [6.45, 7) is 2.79. The van der Waals surface area contributed by atoms with Crippen molar-refractivity contribution in [3.05, 3.63) is 29.3 Å². The van der Waals surface area contributed by atoms with Crippen molar-refractivity contribution in [3.8, 4) is 5.75 Å². The minimum Gasteiger partial charge on any atom is -0.491 e. The first-order valence-electron chi connectivity index (χ1n) is 6.30. The molecule has 2 rings (SSSR count). The number of fused-ring (bicyclic) bond motifs is 1. The van der Waals surface area contributed by atoms with E-state index < -0.39 is 0 Å². The molecule has 1 aliphatic rings. The molecule has 1 aromatic rings. The van der Waals surface area contributed by atoms with Crippen molar-refractivity contribution in [2.75, 3.05) is 40.6 Å². The molecule has 0 unspecified atom stereocenters. The molecule has 19 heavy (non-hydrogen) atoms. The summed E-state index contributed by atoms with van der Waals surface area (Å²) >= 11 is 0. The highest BCUT2D eigenvalue weighted by molar-refractivity contribution is 5.98. The Kier molecular flexibility index (Phi) is 4.76. The maximum absolute atomic E-state index is 11.8. The van der Waals surface area contributed by atoms with E-state index in [1.165, 1.54) is 0 Å². The van der Waals surface area contributed by atoms with Gasteiger partial charge < -0.3 is 19.1 Å². The highest BCUT2D eigenvalue weighted by atomic mass is 16.5. The second-order valence-electron chi connectivity index (χ2n) is 4.43. The third-order valence-electron chi connectivity index (χ3n) is 2.99. The van der Waals surface area contributed by atoms with E-state index >= 15 is 0 Å². The predicted molar refractivity (Wildman–Crippen MR) is 70.4 cm³/mol. The average Bonchev–Trinajstić information content (AvgIpc) is 2.70. The lowest BCUT2D eigenvalue weighted by atomic mass is 10.1. The Morgan fingerprint density at radius 2 is 2.00 bits per heavy atom. The van der Waals surface area contributed by atoms with Crippen LogP contribution in [-0.2, 0) is 16.0 Å². The number of rotatable bonds is 7. The fourth-order valence-corrected chi connectivity index (χ4v) is 1.98. The number of nitrogens with zero attached hydrogens (tertiary/aromatic N) is 1. The molecule has 5 heteroatoms. The number of hydrogen-bond acceptors (Lipinski definition) is 4. The maximum Gasteiger partial charge on any atom is 0.254 e. The zero-order valence-corrected chi connectivity index (χ0v) is 11.3. The number of hydrogen-bond donors (Lipinski definition) is 0. The number of carbonyl (C=O) groups is 1. The molecular weight excluding hydrogens is 246 g/mol. The summed E-state index contributed by atoms with van der Waals surface area (Å²) in [6, 6.07) is 5.63. The van der Waals surface area contributed by atoms with E-state index in [4.69, 9.17) is 14.2 Å². The molecule has 0 fully saturated rings. The van der Waals surface area contributed by atoms with Crippen LogP contribution in [-0.4, -0.2) is 51.4 Å². The molecule has 1 amide bonds. The first-order valence-corrected chi connectivity index (χ1v) is 6.30. The molecule has 1 aliphatic heterocycles. The lowest BCUT2D eigenvalue weighted by Crippen LogP contribution is -2.17. The van der Waals surface area contributed by atoms with Crippen LogP contribution in [0.5, 0.6) is 5.75 Å². The molecule has 0 N–H and O–H groups in total. The quantitative estimate of drug-likeness (QED) is 0.698. The Hall–Kier alpha value is -1.59. The Morgan fingerprint density at radius 3 is 2.79 bits per heavy atom. The molecule has 1 heterocycles. The topological polar surface area (TPSA) is 48.0 Å². The monoisotopic (exact) mass is 265 g/mol. The first-order chi connectivity index (χ1) is 9.22. The van der Waals surface area contributed by atoms with Gasteiger partial charge in [0.05, 0.1) is 19.8 Å². The van der Waals surface area contributed by atoms with Crippen molar-refractivity contribution in [1.82, 2.24) is 4.90 Å². The van der Waals surface area contributed by atoms with Gasteiger partial charge in [-0.3, -0.25) is 4.79 Å². The van der Waals surface area contributed by atoms with Crippen molar-refractivity contribution in [3.63, 3.8) is 0 Å². The number of ether oxygens (including phenoxy) is 3. The molecule has 0 radical (unpaired) electrons. The summed E-state index contributed by atoms with van der Waals surface area (Å²) in [5.74, 6) is 0.759. The molecule has 1 aromatic carbocycles. The molecule has 0 saturated heterocycles. The molecule has 0 aromatic heterocycles. The standard InChI is InChI=1S/C14H19NO4/c1-15-10-11-3-4-12(9-13(11)14(15)16)19-8-7-18-6-5-17-2/h3-4,9H,5-8,10H2,1-2H3. The molecule has 0 bridgehead atoms. The SMILES string of the molecule is COCCOCCOc1ccc2c(c1)C(=O)N(C)C2. The summed E-state index contributed by atoms with van der Waals surface area (Å²) in [5, 5.41) is 0. The largest absolute Gasteiger partial charge is 0.491 e. The Balaban J connectivity index is 1.81. The van der Waals surface area contributed by atoms with Gasteiger partial charge in [-0.1, -0.05) is 6.07 Å². The molecule has 0 saturated carbocycles. The van der Waals surface area contributed by atoms with Gasteiger partial charge in [0.2, 0.25) is 0 Å². The van der Waals surface area contributed by atoms with Crippen molar-refractivity contribution in [2.45, 2.75) is 6.54 Å². The summed E-state index contributed by atoms with van der Waals surface area (Å²) in [6.07, 6.45) is 0. The van der Waals surface area contributed by atoms with E-state index in [2.05, 4.69) is 0 Å². The Labute approximate surface area is 113 Å². The second-order valence-corrected chi connectivity index (χ2v) is 4.43. The van der Waals surface area contributed by atoms with Gasteiger partial charge in [0.1, 0.15) is 12.4 Å². The van der Waals surface area contributed by atoms with Crippen LogP contribution in [0, 0.1) is 0 Å². The van der Waals surface area contributed by atoms with Crippen LogP contribution in [0.3, 0.4) is 0 Å². The van der Waals surface area contributed by atoms with Crippen LogP contribution in [0.25, 0.3) is 0 Å². The van der Waals surface area contributed by atoms with Gasteiger partial charge in [-0.05, 0) is 17.7 Å². The van der Waals surface area contributed by atoms with Gasteiger partial charge >= 0.3 is 0 Å². The van der Waals surface area contributed by atoms with Gasteiger partial charge in [0.25, 0.3) is 5.91 Å². The molecule has 0 spiro atoms. The van der Waals surface area contributed by atoms with Crippen LogP contribution in [0.15, 0.2) is 18.2 Å². The zero-order valence-electron chi connectivity index (χ0n) is 11.3. The van der Waals surface area contributed by atoms with Crippen molar-refractivity contribution < 1.29 is 19.0 Å². The van der Waals surface area contributed by atoms with Crippen LogP contribution in [0.2, 0.25) is 0 Å². The van der Waals surface area contributed by atoms with Gasteiger partial charge in [0, 0.05) is 26.3 Å². The van der Waals surface area contributed by atoms with E-state index in [1.54, 1.807) is 25.1 Å². The summed E-state index contributed by atoms with van der Waals surface area (Å²) in [7, 11) is 3.44. The van der Waals surface area contributed by atoms with Crippen molar-refractivity contribution >= 4 is 5.91 Å². The van der Waals surface area contributed by atoms with Crippen LogP contribution < -0.4 is 4.74 Å². The van der Waals surface area contributed by atoms with E-state index in [9.17, 15) is 4.79 Å². The van der Waals surface area contributed by atoms with Crippen LogP contribution in [0.4, 0.5) is 0 Å². The smallest absolute Gasteiger partial charge is 0.254 e. The highest BCUT2D eigenvalue weighted by Gasteiger charge is 2.24. The van der Waals surface area contributed by atoms with E-state index in [0.29, 0.717) is 38.7 Å². The summed E-state index contributed by atoms with van der Waals surface area (Å²) < 4.78 is 15.7. The van der Waals surface area contributed by atoms with Crippen LogP contribution >= 0.6 is 0 Å². The molecule has 0 aliphatic carbocycles. The number of methoxy groups -OCH3 is 1. The van der Waals surface area contributed by atoms with E-state index in [1.807, 2.05) is 12.1 Å². The maximum atomic E-state index is 11.8. The fourth-order valence-electron chi connectivity index (χ4n) is 1.98. The van der Waals surface area contributed by atoms with Gasteiger partial charge in [-0.2, -0.15) is 0 Å². The zero-order chi connectivity index (χ0) is 13.7. The predicted octanol–water partition coefficient (Wildman–Crippen LogP) is 1.31. The third kappa shape index (κ3) is 3.45. The number of benzene rings is 1. The fraction of sp³-hybridized carbons (Fsp3) is 0.500. The Bertz CT molecular complexity index is 447. The van der Waals surface area contributed by atoms with Crippen molar-refractivity contribution in [2.24, 2.45) is 0 Å². The third-order valence-corrected chi connectivity index (χ3v) is 2.99. The van der Waals surface area contributed by atoms with Gasteiger partial charge in [-0.15, -0.1) is 0 Å². The Morgan fingerprint density at radius 1 is 1.21 bits per heavy atom. The number of amides is 1. The van der Waals surface area contributed by atoms with Crippen molar-refractivity contribution in [1.29, 1.82) is 0 Å². The summed E-state index contributed by atoms with van der Waals surface area (Å²) in [5.41, 5.74) is 1.79. The molecular formula is C14H19NO4. The number of carbonyl (C=O) groups excluding carboxylic acids is 1. The van der Waals surface area contributed by atoms with E-state index in [0.717, 1.165) is 11.1 Å².